The van der Waals surface area contributed by atoms with E-state index in [2.05, 4.69) is 15.3 Å². The van der Waals surface area contributed by atoms with E-state index in [0.29, 0.717) is 5.82 Å². The van der Waals surface area contributed by atoms with Gasteiger partial charge in [-0.15, -0.1) is 0 Å². The average Bonchev–Trinajstić information content (AvgIpc) is 2.49. The van der Waals surface area contributed by atoms with Gasteiger partial charge in [-0.1, -0.05) is 6.92 Å². The number of ether oxygens (including phenoxy) is 1. The number of aromatic nitrogens is 1. The van der Waals surface area contributed by atoms with Crippen molar-refractivity contribution in [2.45, 2.75) is 26.4 Å². The van der Waals surface area contributed by atoms with Crippen molar-refractivity contribution in [3.8, 4) is 0 Å². The predicted octanol–water partition coefficient (Wildman–Crippen LogP) is 3.26. The average molecular weight is 304 g/mol. The van der Waals surface area contributed by atoms with E-state index >= 15 is 0 Å². The highest BCUT2D eigenvalue weighted by molar-refractivity contribution is 6.06. The second-order valence-electron chi connectivity index (χ2n) is 5.87. The molecule has 0 amide bonds. The Hall–Kier alpha value is -2.08. The van der Waals surface area contributed by atoms with Gasteiger partial charge in [-0.3, -0.25) is 10.4 Å². The largest absolute Gasteiger partial charge is 0.378 e. The first-order valence-corrected chi connectivity index (χ1v) is 7.11. The quantitative estimate of drug-likeness (QED) is 0.662. The second kappa shape index (κ2) is 6.36. The van der Waals surface area contributed by atoms with Gasteiger partial charge in [-0.25, -0.2) is 9.37 Å². The molecule has 0 aliphatic carbocycles. The van der Waals surface area contributed by atoms with Gasteiger partial charge in [-0.2, -0.15) is 0 Å². The summed E-state index contributed by atoms with van der Waals surface area (Å²) in [6, 6.07) is 2.80. The third-order valence-electron chi connectivity index (χ3n) is 4.09. The standard InChI is InChI=1S/C16H21FN4O/c1-10-12(8-19-9-13(10)16(2,3)22-4)15(18)21-14-6-5-11(17)7-20-14/h5-10,13H,1-4H3,(H2,18,20,21). The van der Waals surface area contributed by atoms with Gasteiger partial charge in [0.2, 0.25) is 0 Å². The van der Waals surface area contributed by atoms with Gasteiger partial charge >= 0.3 is 0 Å². The third-order valence-corrected chi connectivity index (χ3v) is 4.09. The summed E-state index contributed by atoms with van der Waals surface area (Å²) in [5.74, 6) is 0.347. The molecule has 1 aromatic rings. The van der Waals surface area contributed by atoms with E-state index in [1.54, 1.807) is 13.3 Å². The zero-order valence-electron chi connectivity index (χ0n) is 13.2. The topological polar surface area (TPSA) is 70.4 Å². The van der Waals surface area contributed by atoms with E-state index in [1.807, 2.05) is 27.0 Å². The molecule has 1 aromatic heterocycles. The van der Waals surface area contributed by atoms with Crippen molar-refractivity contribution in [3.05, 3.63) is 35.9 Å². The predicted molar refractivity (Wildman–Crippen MR) is 85.9 cm³/mol. The van der Waals surface area contributed by atoms with Crippen molar-refractivity contribution >= 4 is 17.9 Å². The fourth-order valence-electron chi connectivity index (χ4n) is 2.52. The van der Waals surface area contributed by atoms with Crippen molar-refractivity contribution in [1.82, 2.24) is 4.98 Å². The minimum Gasteiger partial charge on any atom is -0.378 e. The summed E-state index contributed by atoms with van der Waals surface area (Å²) in [4.78, 5) is 8.16. The SMILES string of the molecule is COC(C)(C)C1C=NC=C(C(=N)Nc2ccc(F)cn2)C1C. The molecule has 0 saturated carbocycles. The number of anilines is 1. The summed E-state index contributed by atoms with van der Waals surface area (Å²) < 4.78 is 18.4. The number of halogens is 1. The Labute approximate surface area is 129 Å². The van der Waals surface area contributed by atoms with Crippen LogP contribution in [0, 0.1) is 23.1 Å². The number of rotatable bonds is 4. The lowest BCUT2D eigenvalue weighted by Gasteiger charge is -2.37. The lowest BCUT2D eigenvalue weighted by Crippen LogP contribution is -2.41. The molecule has 1 aliphatic rings. The van der Waals surface area contributed by atoms with E-state index in [4.69, 9.17) is 10.1 Å². The normalized spacial score (nSPS) is 21.4. The Bertz CT molecular complexity index is 607. The van der Waals surface area contributed by atoms with Gasteiger partial charge in [0.15, 0.2) is 0 Å². The molecule has 22 heavy (non-hydrogen) atoms. The molecule has 2 atom stereocenters. The molecule has 0 bridgehead atoms. The van der Waals surface area contributed by atoms with E-state index in [0.717, 1.165) is 11.8 Å². The molecular formula is C16H21FN4O. The molecule has 1 aliphatic heterocycles. The lowest BCUT2D eigenvalue weighted by molar-refractivity contribution is -0.0152. The molecule has 0 saturated heterocycles. The van der Waals surface area contributed by atoms with Crippen LogP contribution in [0.2, 0.25) is 0 Å². The number of amidine groups is 1. The van der Waals surface area contributed by atoms with Crippen LogP contribution in [0.5, 0.6) is 0 Å². The Balaban J connectivity index is 2.14. The Morgan fingerprint density at radius 3 is 2.73 bits per heavy atom. The number of aliphatic imine (C=N–C) groups is 1. The molecule has 5 nitrogen and oxygen atoms in total. The van der Waals surface area contributed by atoms with E-state index in [-0.39, 0.29) is 23.3 Å². The number of hydrogen-bond donors (Lipinski definition) is 2. The van der Waals surface area contributed by atoms with Gasteiger partial charge in [-0.05, 0) is 31.9 Å². The maximum Gasteiger partial charge on any atom is 0.141 e. The monoisotopic (exact) mass is 304 g/mol. The summed E-state index contributed by atoms with van der Waals surface area (Å²) >= 11 is 0. The summed E-state index contributed by atoms with van der Waals surface area (Å²) in [7, 11) is 1.67. The van der Waals surface area contributed by atoms with Crippen molar-refractivity contribution in [1.29, 1.82) is 5.41 Å². The number of hydrogen-bond acceptors (Lipinski definition) is 4. The fraction of sp³-hybridized carbons (Fsp3) is 0.438. The van der Waals surface area contributed by atoms with E-state index < -0.39 is 5.82 Å². The molecule has 0 radical (unpaired) electrons. The lowest BCUT2D eigenvalue weighted by atomic mass is 9.77. The molecular weight excluding hydrogens is 283 g/mol. The van der Waals surface area contributed by atoms with Crippen LogP contribution in [0.15, 0.2) is 35.1 Å². The molecule has 2 unspecified atom stereocenters. The first-order chi connectivity index (χ1) is 10.3. The molecule has 2 heterocycles. The molecule has 2 N–H and O–H groups in total. The summed E-state index contributed by atoms with van der Waals surface area (Å²) in [6.45, 7) is 6.04. The number of nitrogens with zero attached hydrogens (tertiary/aromatic N) is 2. The first-order valence-electron chi connectivity index (χ1n) is 7.11. The van der Waals surface area contributed by atoms with Crippen LogP contribution in [0.3, 0.4) is 0 Å². The van der Waals surface area contributed by atoms with Crippen LogP contribution in [-0.2, 0) is 4.74 Å². The van der Waals surface area contributed by atoms with Crippen LogP contribution in [0.4, 0.5) is 10.2 Å². The smallest absolute Gasteiger partial charge is 0.141 e. The van der Waals surface area contributed by atoms with Crippen molar-refractivity contribution in [2.75, 3.05) is 12.4 Å². The number of pyridine rings is 1. The zero-order chi connectivity index (χ0) is 16.3. The molecule has 0 aromatic carbocycles. The Morgan fingerprint density at radius 2 is 2.14 bits per heavy atom. The van der Waals surface area contributed by atoms with Gasteiger partial charge in [0.25, 0.3) is 0 Å². The first kappa shape index (κ1) is 16.3. The summed E-state index contributed by atoms with van der Waals surface area (Å²) in [5, 5.41) is 11.1. The minimum atomic E-state index is -0.408. The minimum absolute atomic E-state index is 0.0563. The van der Waals surface area contributed by atoms with Gasteiger partial charge < -0.3 is 10.1 Å². The molecule has 2 rings (SSSR count). The van der Waals surface area contributed by atoms with Crippen molar-refractivity contribution in [2.24, 2.45) is 16.8 Å². The van der Waals surface area contributed by atoms with Crippen LogP contribution in [0.25, 0.3) is 0 Å². The zero-order valence-corrected chi connectivity index (χ0v) is 13.2. The van der Waals surface area contributed by atoms with Crippen molar-refractivity contribution < 1.29 is 9.13 Å². The van der Waals surface area contributed by atoms with Crippen LogP contribution in [0.1, 0.15) is 20.8 Å². The van der Waals surface area contributed by atoms with Crippen molar-refractivity contribution in [3.63, 3.8) is 0 Å². The molecule has 6 heteroatoms. The number of nitrogens with one attached hydrogen (secondary N) is 2. The van der Waals surface area contributed by atoms with Crippen LogP contribution in [-0.4, -0.2) is 29.7 Å². The Morgan fingerprint density at radius 1 is 1.41 bits per heavy atom. The highest BCUT2D eigenvalue weighted by atomic mass is 19.1. The van der Waals surface area contributed by atoms with Crippen LogP contribution >= 0.6 is 0 Å². The number of methoxy groups -OCH3 is 1. The summed E-state index contributed by atoms with van der Waals surface area (Å²) in [6.07, 6.45) is 4.65. The summed E-state index contributed by atoms with van der Waals surface area (Å²) in [5.41, 5.74) is 0.389. The highest BCUT2D eigenvalue weighted by Gasteiger charge is 2.36. The third kappa shape index (κ3) is 3.39. The maximum absolute atomic E-state index is 12.9. The molecule has 0 spiro atoms. The van der Waals surface area contributed by atoms with Gasteiger partial charge in [0.05, 0.1) is 11.8 Å². The molecule has 0 fully saturated rings. The highest BCUT2D eigenvalue weighted by Crippen LogP contribution is 2.33. The Kier molecular flexibility index (Phi) is 4.71. The van der Waals surface area contributed by atoms with Gasteiger partial charge in [0.1, 0.15) is 17.5 Å². The fourth-order valence-corrected chi connectivity index (χ4v) is 2.52. The van der Waals surface area contributed by atoms with Crippen LogP contribution < -0.4 is 5.32 Å². The van der Waals surface area contributed by atoms with E-state index in [9.17, 15) is 4.39 Å². The van der Waals surface area contributed by atoms with E-state index in [1.165, 1.54) is 12.1 Å². The second-order valence-corrected chi connectivity index (χ2v) is 5.87. The maximum atomic E-state index is 12.9. The van der Waals surface area contributed by atoms with Gasteiger partial charge in [0, 0.05) is 31.0 Å². The molecule has 118 valence electrons.